The van der Waals surface area contributed by atoms with Gasteiger partial charge in [0.25, 0.3) is 5.56 Å². The Labute approximate surface area is 163 Å². The summed E-state index contributed by atoms with van der Waals surface area (Å²) in [6, 6.07) is 3.38. The summed E-state index contributed by atoms with van der Waals surface area (Å²) in [6.07, 6.45) is 1.33. The maximum atomic E-state index is 13.8. The Morgan fingerprint density at radius 2 is 1.66 bits per heavy atom. The molecule has 29 heavy (non-hydrogen) atoms. The zero-order chi connectivity index (χ0) is 21.3. The van der Waals surface area contributed by atoms with E-state index < -0.39 is 40.9 Å². The Balaban J connectivity index is 1.96. The van der Waals surface area contributed by atoms with Crippen molar-refractivity contribution in [3.63, 3.8) is 0 Å². The molecule has 152 valence electrons. The molecule has 0 saturated heterocycles. The van der Waals surface area contributed by atoms with Gasteiger partial charge in [0.15, 0.2) is 23.3 Å². The summed E-state index contributed by atoms with van der Waals surface area (Å²) < 4.78 is 53.8. The zero-order valence-electron chi connectivity index (χ0n) is 15.5. The fourth-order valence-electron chi connectivity index (χ4n) is 3.15. The lowest BCUT2D eigenvalue weighted by atomic mass is 10.0. The van der Waals surface area contributed by atoms with E-state index in [9.17, 15) is 27.2 Å². The first-order valence-electron chi connectivity index (χ1n) is 8.76. The highest BCUT2D eigenvalue weighted by Crippen LogP contribution is 2.28. The van der Waals surface area contributed by atoms with Gasteiger partial charge in [-0.3, -0.25) is 4.79 Å². The van der Waals surface area contributed by atoms with Gasteiger partial charge in [0.05, 0.1) is 11.4 Å². The van der Waals surface area contributed by atoms with Crippen molar-refractivity contribution in [1.29, 1.82) is 0 Å². The highest BCUT2D eigenvalue weighted by atomic mass is 19.2. The molecule has 0 aliphatic carbocycles. The van der Waals surface area contributed by atoms with Crippen LogP contribution >= 0.6 is 0 Å². The van der Waals surface area contributed by atoms with Crippen molar-refractivity contribution in [2.75, 3.05) is 11.9 Å². The molecule has 0 unspecified atom stereocenters. The minimum absolute atomic E-state index is 0.0506. The summed E-state index contributed by atoms with van der Waals surface area (Å²) in [7, 11) is 0. The molecule has 0 aliphatic rings. The summed E-state index contributed by atoms with van der Waals surface area (Å²) in [5.74, 6) is -4.43. The Morgan fingerprint density at radius 1 is 1.03 bits per heavy atom. The topological polar surface area (TPSA) is 65.2 Å². The molecule has 0 bridgehead atoms. The van der Waals surface area contributed by atoms with E-state index in [2.05, 4.69) is 10.3 Å². The molecule has 5 nitrogen and oxygen atoms in total. The first kappa shape index (κ1) is 20.4. The second-order valence-corrected chi connectivity index (χ2v) is 6.41. The number of urea groups is 1. The van der Waals surface area contributed by atoms with E-state index in [0.717, 1.165) is 24.3 Å². The predicted molar refractivity (Wildman–Crippen MR) is 101 cm³/mol. The lowest BCUT2D eigenvalue weighted by molar-refractivity contribution is 0.197. The molecule has 0 fully saturated rings. The molecule has 9 heteroatoms. The molecule has 1 aromatic heterocycles. The molecule has 0 radical (unpaired) electrons. The maximum absolute atomic E-state index is 13.8. The van der Waals surface area contributed by atoms with Crippen LogP contribution in [0.5, 0.6) is 0 Å². The number of nitrogens with one attached hydrogen (secondary N) is 2. The van der Waals surface area contributed by atoms with Gasteiger partial charge >= 0.3 is 6.03 Å². The van der Waals surface area contributed by atoms with Gasteiger partial charge in [-0.2, -0.15) is 0 Å². The van der Waals surface area contributed by atoms with E-state index >= 15 is 0 Å². The Hall–Kier alpha value is -3.36. The quantitative estimate of drug-likeness (QED) is 0.616. The summed E-state index contributed by atoms with van der Waals surface area (Å²) in [5.41, 5.74) is -0.149. The lowest BCUT2D eigenvalue weighted by Gasteiger charge is -2.29. The molecular formula is C20H17F4N3O2. The lowest BCUT2D eigenvalue weighted by Crippen LogP contribution is -2.37. The van der Waals surface area contributed by atoms with Crippen molar-refractivity contribution < 1.29 is 22.4 Å². The van der Waals surface area contributed by atoms with Crippen LogP contribution in [-0.2, 0) is 0 Å². The fraction of sp³-hybridized carbons (Fsp3) is 0.200. The number of aromatic nitrogens is 1. The van der Waals surface area contributed by atoms with Gasteiger partial charge in [0.1, 0.15) is 0 Å². The SMILES string of the molecule is CCN(C(=O)Nc1ccc(F)c(F)c1)[C@H](C)c1c[nH]c(=O)c2cc(F)c(F)cc12. The third-order valence-electron chi connectivity index (χ3n) is 4.66. The number of benzene rings is 2. The number of amides is 2. The third-order valence-corrected chi connectivity index (χ3v) is 4.66. The molecular weight excluding hydrogens is 390 g/mol. The molecule has 1 atom stereocenters. The van der Waals surface area contributed by atoms with E-state index in [1.165, 1.54) is 17.2 Å². The average Bonchev–Trinajstić information content (AvgIpc) is 2.67. The summed E-state index contributed by atoms with van der Waals surface area (Å²) in [4.78, 5) is 28.5. The van der Waals surface area contributed by atoms with Crippen LogP contribution in [0.25, 0.3) is 10.8 Å². The molecule has 3 rings (SSSR count). The Bertz CT molecular complexity index is 1150. The van der Waals surface area contributed by atoms with Crippen molar-refractivity contribution >= 4 is 22.5 Å². The number of pyridine rings is 1. The van der Waals surface area contributed by atoms with E-state index in [0.29, 0.717) is 5.56 Å². The van der Waals surface area contributed by atoms with Gasteiger partial charge in [-0.15, -0.1) is 0 Å². The standard InChI is InChI=1S/C20H17F4N3O2/c1-3-27(20(29)26-11-4-5-15(21)16(22)6-11)10(2)14-9-25-19(28)13-8-18(24)17(23)7-12(13)14/h4-10H,3H2,1-2H3,(H,25,28)(H,26,29)/t10-/m1/s1. The van der Waals surface area contributed by atoms with E-state index in [1.54, 1.807) is 13.8 Å². The monoisotopic (exact) mass is 407 g/mol. The molecule has 1 heterocycles. The van der Waals surface area contributed by atoms with E-state index in [4.69, 9.17) is 0 Å². The highest BCUT2D eigenvalue weighted by molar-refractivity contribution is 5.91. The number of anilines is 1. The van der Waals surface area contributed by atoms with Gasteiger partial charge in [0, 0.05) is 24.5 Å². The van der Waals surface area contributed by atoms with E-state index in [-0.39, 0.29) is 23.0 Å². The number of hydrogen-bond donors (Lipinski definition) is 2. The number of H-pyrrole nitrogens is 1. The van der Waals surface area contributed by atoms with Crippen LogP contribution in [0.1, 0.15) is 25.5 Å². The van der Waals surface area contributed by atoms with Gasteiger partial charge in [-0.25, -0.2) is 22.4 Å². The molecule has 0 aliphatic heterocycles. The van der Waals surface area contributed by atoms with Crippen LogP contribution in [0.2, 0.25) is 0 Å². The predicted octanol–water partition coefficient (Wildman–Crippen LogP) is 4.70. The molecule has 3 aromatic rings. The van der Waals surface area contributed by atoms with Crippen molar-refractivity contribution in [3.05, 3.63) is 75.7 Å². The average molecular weight is 407 g/mol. The largest absolute Gasteiger partial charge is 0.328 e. The number of carbonyl (C=O) groups is 1. The molecule has 0 spiro atoms. The summed E-state index contributed by atoms with van der Waals surface area (Å²) in [5, 5.41) is 2.58. The number of nitrogens with zero attached hydrogens (tertiary/aromatic N) is 1. The number of halogens is 4. The summed E-state index contributed by atoms with van der Waals surface area (Å²) >= 11 is 0. The van der Waals surface area contributed by atoms with Crippen molar-refractivity contribution in [3.8, 4) is 0 Å². The van der Waals surface area contributed by atoms with Crippen LogP contribution in [0, 0.1) is 23.3 Å². The van der Waals surface area contributed by atoms with Crippen LogP contribution < -0.4 is 10.9 Å². The second kappa shape index (κ2) is 7.94. The van der Waals surface area contributed by atoms with Crippen LogP contribution in [0.3, 0.4) is 0 Å². The molecule has 2 aromatic carbocycles. The number of fused-ring (bicyclic) bond motifs is 1. The molecule has 2 N–H and O–H groups in total. The first-order chi connectivity index (χ1) is 13.7. The number of carbonyl (C=O) groups excluding carboxylic acids is 1. The van der Waals surface area contributed by atoms with Gasteiger partial charge in [-0.1, -0.05) is 0 Å². The summed E-state index contributed by atoms with van der Waals surface area (Å²) in [6.45, 7) is 3.54. The van der Waals surface area contributed by atoms with Crippen molar-refractivity contribution in [2.24, 2.45) is 0 Å². The Morgan fingerprint density at radius 3 is 2.28 bits per heavy atom. The first-order valence-corrected chi connectivity index (χ1v) is 8.76. The van der Waals surface area contributed by atoms with Crippen molar-refractivity contribution in [1.82, 2.24) is 9.88 Å². The molecule has 2 amide bonds. The number of hydrogen-bond acceptors (Lipinski definition) is 2. The second-order valence-electron chi connectivity index (χ2n) is 6.41. The molecule has 0 saturated carbocycles. The van der Waals surface area contributed by atoms with Crippen LogP contribution in [-0.4, -0.2) is 22.5 Å². The minimum Gasteiger partial charge on any atom is -0.328 e. The van der Waals surface area contributed by atoms with E-state index in [1.807, 2.05) is 0 Å². The van der Waals surface area contributed by atoms with Crippen LogP contribution in [0.15, 0.2) is 41.3 Å². The number of rotatable bonds is 4. The Kier molecular flexibility index (Phi) is 5.58. The smallest absolute Gasteiger partial charge is 0.322 e. The highest BCUT2D eigenvalue weighted by Gasteiger charge is 2.23. The fourth-order valence-corrected chi connectivity index (χ4v) is 3.15. The van der Waals surface area contributed by atoms with Gasteiger partial charge < -0.3 is 15.2 Å². The van der Waals surface area contributed by atoms with Crippen LogP contribution in [0.4, 0.5) is 28.0 Å². The van der Waals surface area contributed by atoms with Gasteiger partial charge in [0.2, 0.25) is 0 Å². The minimum atomic E-state index is -1.16. The zero-order valence-corrected chi connectivity index (χ0v) is 15.5. The van der Waals surface area contributed by atoms with Gasteiger partial charge in [-0.05, 0) is 49.1 Å². The normalized spacial score (nSPS) is 12.1. The van der Waals surface area contributed by atoms with Crippen molar-refractivity contribution in [2.45, 2.75) is 19.9 Å². The maximum Gasteiger partial charge on any atom is 0.322 e. The number of aromatic amines is 1. The third kappa shape index (κ3) is 3.94.